The van der Waals surface area contributed by atoms with Crippen LogP contribution in [-0.2, 0) is 5.41 Å². The predicted octanol–water partition coefficient (Wildman–Crippen LogP) is 4.59. The molecule has 0 aliphatic heterocycles. The molecule has 0 atom stereocenters. The van der Waals surface area contributed by atoms with Gasteiger partial charge in [-0.05, 0) is 28.5 Å². The molecule has 0 saturated heterocycles. The molecule has 0 fully saturated rings. The Morgan fingerprint density at radius 3 is 2.43 bits per heavy atom. The van der Waals surface area contributed by atoms with Crippen LogP contribution in [0.15, 0.2) is 17.5 Å². The highest BCUT2D eigenvalue weighted by molar-refractivity contribution is 7.14. The lowest BCUT2D eigenvalue weighted by molar-refractivity contribution is 0.102. The smallest absolute Gasteiger partial charge is 0.259 e. The zero-order valence-corrected chi connectivity index (χ0v) is 13.4. The molecule has 0 aliphatic rings. The normalized spacial score (nSPS) is 11.2. The lowest BCUT2D eigenvalue weighted by Crippen LogP contribution is -2.16. The van der Waals surface area contributed by atoms with Gasteiger partial charge in [-0.2, -0.15) is 5.26 Å². The summed E-state index contributed by atoms with van der Waals surface area (Å²) in [5.74, 6) is -5.59. The molecule has 0 aliphatic carbocycles. The average Bonchev–Trinajstić information content (AvgIpc) is 2.87. The molecule has 7 heteroatoms. The maximum Gasteiger partial charge on any atom is 0.259 e. The molecule has 1 heterocycles. The van der Waals surface area contributed by atoms with Crippen molar-refractivity contribution in [1.82, 2.24) is 0 Å². The number of nitrogens with one attached hydrogen (secondary N) is 1. The number of anilines is 1. The Hall–Kier alpha value is -2.33. The van der Waals surface area contributed by atoms with Crippen LogP contribution >= 0.6 is 11.3 Å². The first kappa shape index (κ1) is 17.0. The molecule has 120 valence electrons. The maximum absolute atomic E-state index is 13.7. The van der Waals surface area contributed by atoms with Gasteiger partial charge in [-0.15, -0.1) is 11.3 Å². The first-order chi connectivity index (χ1) is 10.7. The van der Waals surface area contributed by atoms with Gasteiger partial charge in [-0.25, -0.2) is 13.2 Å². The summed E-state index contributed by atoms with van der Waals surface area (Å²) in [7, 11) is 0. The molecule has 0 bridgehead atoms. The van der Waals surface area contributed by atoms with Crippen LogP contribution in [-0.4, -0.2) is 5.91 Å². The van der Waals surface area contributed by atoms with Crippen molar-refractivity contribution >= 4 is 22.2 Å². The number of hydrogen-bond donors (Lipinski definition) is 1. The van der Waals surface area contributed by atoms with Crippen LogP contribution in [0.5, 0.6) is 0 Å². The van der Waals surface area contributed by atoms with E-state index in [9.17, 15) is 23.2 Å². The molecule has 23 heavy (non-hydrogen) atoms. The van der Waals surface area contributed by atoms with Crippen molar-refractivity contribution in [3.05, 3.63) is 51.7 Å². The highest BCUT2D eigenvalue weighted by Gasteiger charge is 2.25. The van der Waals surface area contributed by atoms with Gasteiger partial charge in [0.05, 0.1) is 11.1 Å². The van der Waals surface area contributed by atoms with Crippen LogP contribution in [0.3, 0.4) is 0 Å². The first-order valence-electron chi connectivity index (χ1n) is 6.63. The topological polar surface area (TPSA) is 52.9 Å². The van der Waals surface area contributed by atoms with E-state index in [-0.39, 0.29) is 16.0 Å². The Kier molecular flexibility index (Phi) is 4.48. The number of nitrogens with zero attached hydrogens (tertiary/aromatic N) is 1. The van der Waals surface area contributed by atoms with Crippen molar-refractivity contribution in [2.24, 2.45) is 0 Å². The van der Waals surface area contributed by atoms with Crippen molar-refractivity contribution in [2.75, 3.05) is 5.32 Å². The molecule has 0 saturated carbocycles. The fourth-order valence-electron chi connectivity index (χ4n) is 1.98. The number of rotatable bonds is 2. The van der Waals surface area contributed by atoms with E-state index in [2.05, 4.69) is 5.32 Å². The second-order valence-electron chi connectivity index (χ2n) is 5.89. The summed E-state index contributed by atoms with van der Waals surface area (Å²) in [5.41, 5.74) is 0.0843. The summed E-state index contributed by atoms with van der Waals surface area (Å²) in [6, 6.07) is 3.54. The average molecular weight is 338 g/mol. The largest absolute Gasteiger partial charge is 0.312 e. The van der Waals surface area contributed by atoms with E-state index in [1.807, 2.05) is 26.8 Å². The van der Waals surface area contributed by atoms with Gasteiger partial charge < -0.3 is 5.32 Å². The molecule has 1 N–H and O–H groups in total. The van der Waals surface area contributed by atoms with Gasteiger partial charge >= 0.3 is 0 Å². The quantitative estimate of drug-likeness (QED) is 0.815. The number of hydrogen-bond acceptors (Lipinski definition) is 3. The van der Waals surface area contributed by atoms with Gasteiger partial charge in [0.1, 0.15) is 11.1 Å². The number of thiophene rings is 1. The molecule has 2 rings (SSSR count). The highest BCUT2D eigenvalue weighted by atomic mass is 32.1. The summed E-state index contributed by atoms with van der Waals surface area (Å²) in [6.07, 6.45) is 0. The Bertz CT molecular complexity index is 816. The van der Waals surface area contributed by atoms with E-state index in [1.54, 1.807) is 5.38 Å². The fraction of sp³-hybridized carbons (Fsp3) is 0.250. The van der Waals surface area contributed by atoms with Crippen LogP contribution in [0.2, 0.25) is 0 Å². The van der Waals surface area contributed by atoms with Gasteiger partial charge in [0.15, 0.2) is 17.5 Å². The molecule has 1 amide bonds. The standard InChI is InChI=1S/C16H13F3N2OS/c1-16(2,3)10-7-23-15(9(10)6-20)21-14(22)8-4-5-11(17)13(19)12(8)18/h4-5,7H,1-3H3,(H,21,22). The summed E-state index contributed by atoms with van der Waals surface area (Å²) < 4.78 is 39.8. The van der Waals surface area contributed by atoms with Crippen LogP contribution in [0.25, 0.3) is 0 Å². The van der Waals surface area contributed by atoms with E-state index in [1.165, 1.54) is 0 Å². The lowest BCUT2D eigenvalue weighted by Gasteiger charge is -2.17. The van der Waals surface area contributed by atoms with Crippen molar-refractivity contribution in [1.29, 1.82) is 5.26 Å². The minimum Gasteiger partial charge on any atom is -0.312 e. The summed E-state index contributed by atoms with van der Waals surface area (Å²) >= 11 is 1.12. The number of benzene rings is 1. The molecular weight excluding hydrogens is 325 g/mol. The van der Waals surface area contributed by atoms with E-state index >= 15 is 0 Å². The summed E-state index contributed by atoms with van der Waals surface area (Å²) in [5, 5.41) is 13.7. The van der Waals surface area contributed by atoms with Crippen LogP contribution in [0.1, 0.15) is 42.3 Å². The SMILES string of the molecule is CC(C)(C)c1csc(NC(=O)c2ccc(F)c(F)c2F)c1C#N. The van der Waals surface area contributed by atoms with E-state index < -0.39 is 28.9 Å². The third kappa shape index (κ3) is 3.22. The number of nitriles is 1. The Labute approximate surface area is 135 Å². The van der Waals surface area contributed by atoms with Crippen molar-refractivity contribution < 1.29 is 18.0 Å². The van der Waals surface area contributed by atoms with Gasteiger partial charge in [0.2, 0.25) is 0 Å². The Balaban J connectivity index is 2.38. The van der Waals surface area contributed by atoms with E-state index in [0.29, 0.717) is 6.07 Å². The number of carbonyl (C=O) groups excluding carboxylic acids is 1. The lowest BCUT2D eigenvalue weighted by atomic mass is 9.86. The molecule has 1 aromatic heterocycles. The third-order valence-electron chi connectivity index (χ3n) is 3.22. The van der Waals surface area contributed by atoms with Crippen LogP contribution in [0, 0.1) is 28.8 Å². The van der Waals surface area contributed by atoms with E-state index in [4.69, 9.17) is 0 Å². The minimum atomic E-state index is -1.71. The van der Waals surface area contributed by atoms with Gasteiger partial charge in [-0.1, -0.05) is 20.8 Å². The molecule has 3 nitrogen and oxygen atoms in total. The Morgan fingerprint density at radius 1 is 1.22 bits per heavy atom. The van der Waals surface area contributed by atoms with Crippen LogP contribution in [0.4, 0.5) is 18.2 Å². The molecular formula is C16H13F3N2OS. The maximum atomic E-state index is 13.7. The molecule has 0 radical (unpaired) electrons. The van der Waals surface area contributed by atoms with Crippen LogP contribution < -0.4 is 5.32 Å². The molecule has 1 aromatic carbocycles. The van der Waals surface area contributed by atoms with Gasteiger partial charge in [-0.3, -0.25) is 4.79 Å². The van der Waals surface area contributed by atoms with Crippen molar-refractivity contribution in [2.45, 2.75) is 26.2 Å². The molecule has 0 spiro atoms. The number of halogens is 3. The van der Waals surface area contributed by atoms with Gasteiger partial charge in [0, 0.05) is 0 Å². The third-order valence-corrected chi connectivity index (χ3v) is 4.11. The number of amides is 1. The highest BCUT2D eigenvalue weighted by Crippen LogP contribution is 2.35. The minimum absolute atomic E-state index is 0.242. The second-order valence-corrected chi connectivity index (χ2v) is 6.77. The summed E-state index contributed by atoms with van der Waals surface area (Å²) in [4.78, 5) is 12.1. The van der Waals surface area contributed by atoms with Crippen molar-refractivity contribution in [3.63, 3.8) is 0 Å². The van der Waals surface area contributed by atoms with E-state index in [0.717, 1.165) is 23.0 Å². The predicted molar refractivity (Wildman–Crippen MR) is 82.0 cm³/mol. The Morgan fingerprint density at radius 2 is 1.87 bits per heavy atom. The second kappa shape index (κ2) is 6.05. The molecule has 2 aromatic rings. The zero-order valence-electron chi connectivity index (χ0n) is 12.6. The summed E-state index contributed by atoms with van der Waals surface area (Å²) in [6.45, 7) is 5.74. The monoisotopic (exact) mass is 338 g/mol. The zero-order chi connectivity index (χ0) is 17.4. The number of carbonyl (C=O) groups is 1. The first-order valence-corrected chi connectivity index (χ1v) is 7.51. The van der Waals surface area contributed by atoms with Gasteiger partial charge in [0.25, 0.3) is 5.91 Å². The van der Waals surface area contributed by atoms with Crippen molar-refractivity contribution in [3.8, 4) is 6.07 Å². The fourth-order valence-corrected chi connectivity index (χ4v) is 3.12. The molecule has 0 unspecified atom stereocenters.